The molecule has 0 amide bonds. The zero-order valence-corrected chi connectivity index (χ0v) is 11.8. The number of anilines is 3. The van der Waals surface area contributed by atoms with Crippen LogP contribution in [0.2, 0.25) is 0 Å². The second-order valence-electron chi connectivity index (χ2n) is 5.10. The monoisotopic (exact) mass is 279 g/mol. The molecule has 1 saturated heterocycles. The molecule has 0 bridgehead atoms. The molecule has 2 heterocycles. The number of nitriles is 1. The molecular weight excluding hydrogens is 262 g/mol. The van der Waals surface area contributed by atoms with Gasteiger partial charge in [-0.05, 0) is 43.5 Å². The highest BCUT2D eigenvalue weighted by Crippen LogP contribution is 2.20. The minimum Gasteiger partial charge on any atom is -0.356 e. The number of rotatable bonds is 3. The summed E-state index contributed by atoms with van der Waals surface area (Å²) in [6.45, 7) is 2.11. The number of benzene rings is 1. The third-order valence-electron chi connectivity index (χ3n) is 3.57. The zero-order chi connectivity index (χ0) is 14.5. The van der Waals surface area contributed by atoms with E-state index in [-0.39, 0.29) is 0 Å². The largest absolute Gasteiger partial charge is 0.356 e. The van der Waals surface area contributed by atoms with Crippen molar-refractivity contribution < 1.29 is 0 Å². The van der Waals surface area contributed by atoms with Crippen molar-refractivity contribution in [1.82, 2.24) is 9.97 Å². The summed E-state index contributed by atoms with van der Waals surface area (Å²) in [6, 6.07) is 11.4. The molecule has 0 spiro atoms. The Morgan fingerprint density at radius 1 is 1.14 bits per heavy atom. The molecule has 1 fully saturated rings. The lowest BCUT2D eigenvalue weighted by Crippen LogP contribution is -2.30. The van der Waals surface area contributed by atoms with Crippen LogP contribution >= 0.6 is 0 Å². The number of nitrogens with zero attached hydrogens (tertiary/aromatic N) is 4. The Bertz CT molecular complexity index is 656. The van der Waals surface area contributed by atoms with E-state index in [1.807, 2.05) is 18.2 Å². The highest BCUT2D eigenvalue weighted by molar-refractivity contribution is 5.57. The quantitative estimate of drug-likeness (QED) is 0.935. The molecule has 1 aromatic carbocycles. The van der Waals surface area contributed by atoms with Crippen LogP contribution in [-0.2, 0) is 0 Å². The van der Waals surface area contributed by atoms with Gasteiger partial charge < -0.3 is 10.2 Å². The lowest BCUT2D eigenvalue weighted by molar-refractivity contribution is 0.573. The number of piperidine rings is 1. The van der Waals surface area contributed by atoms with Crippen molar-refractivity contribution in [3.8, 4) is 6.07 Å². The summed E-state index contributed by atoms with van der Waals surface area (Å²) in [7, 11) is 0. The summed E-state index contributed by atoms with van der Waals surface area (Å²) in [4.78, 5) is 11.1. The standard InChI is InChI=1S/C16H17N5/c17-12-13-5-4-6-14(11-13)19-16-18-8-7-15(20-16)21-9-2-1-3-10-21/h4-8,11H,1-3,9-10H2,(H,18,19,20). The Morgan fingerprint density at radius 2 is 2.00 bits per heavy atom. The number of hydrogen-bond acceptors (Lipinski definition) is 5. The molecule has 5 heteroatoms. The van der Waals surface area contributed by atoms with E-state index in [1.54, 1.807) is 18.3 Å². The molecule has 1 aliphatic heterocycles. The summed E-state index contributed by atoms with van der Waals surface area (Å²) in [5.41, 5.74) is 1.44. The van der Waals surface area contributed by atoms with Gasteiger partial charge in [0, 0.05) is 25.0 Å². The third kappa shape index (κ3) is 3.29. The van der Waals surface area contributed by atoms with E-state index in [9.17, 15) is 0 Å². The van der Waals surface area contributed by atoms with E-state index in [0.29, 0.717) is 11.5 Å². The first-order valence-corrected chi connectivity index (χ1v) is 7.20. The van der Waals surface area contributed by atoms with Crippen molar-refractivity contribution >= 4 is 17.5 Å². The molecule has 0 unspecified atom stereocenters. The van der Waals surface area contributed by atoms with Crippen LogP contribution in [0, 0.1) is 11.3 Å². The molecule has 1 N–H and O–H groups in total. The van der Waals surface area contributed by atoms with E-state index >= 15 is 0 Å². The Kier molecular flexibility index (Phi) is 3.97. The Balaban J connectivity index is 1.77. The first-order chi connectivity index (χ1) is 10.3. The second kappa shape index (κ2) is 6.23. The van der Waals surface area contributed by atoms with Crippen LogP contribution in [0.4, 0.5) is 17.5 Å². The van der Waals surface area contributed by atoms with Crippen LogP contribution < -0.4 is 10.2 Å². The number of nitrogens with one attached hydrogen (secondary N) is 1. The molecule has 5 nitrogen and oxygen atoms in total. The van der Waals surface area contributed by atoms with Gasteiger partial charge in [-0.2, -0.15) is 10.2 Å². The van der Waals surface area contributed by atoms with Gasteiger partial charge in [-0.15, -0.1) is 0 Å². The van der Waals surface area contributed by atoms with Crippen molar-refractivity contribution in [3.05, 3.63) is 42.1 Å². The Morgan fingerprint density at radius 3 is 2.81 bits per heavy atom. The molecular formula is C16H17N5. The fourth-order valence-corrected chi connectivity index (χ4v) is 2.50. The second-order valence-corrected chi connectivity index (χ2v) is 5.10. The predicted octanol–water partition coefficient (Wildman–Crippen LogP) is 3.08. The van der Waals surface area contributed by atoms with Crippen LogP contribution in [-0.4, -0.2) is 23.1 Å². The average Bonchev–Trinajstić information content (AvgIpc) is 2.56. The summed E-state index contributed by atoms with van der Waals surface area (Å²) in [6.07, 6.45) is 5.51. The molecule has 3 rings (SSSR count). The van der Waals surface area contributed by atoms with Crippen LogP contribution in [0.25, 0.3) is 0 Å². The smallest absolute Gasteiger partial charge is 0.229 e. The topological polar surface area (TPSA) is 64.8 Å². The van der Waals surface area contributed by atoms with Gasteiger partial charge in [0.15, 0.2) is 0 Å². The average molecular weight is 279 g/mol. The fourth-order valence-electron chi connectivity index (χ4n) is 2.50. The maximum absolute atomic E-state index is 8.93. The molecule has 21 heavy (non-hydrogen) atoms. The Labute approximate surface area is 124 Å². The molecule has 106 valence electrons. The number of hydrogen-bond donors (Lipinski definition) is 1. The van der Waals surface area contributed by atoms with Crippen molar-refractivity contribution in [2.45, 2.75) is 19.3 Å². The van der Waals surface area contributed by atoms with Gasteiger partial charge in [0.25, 0.3) is 0 Å². The van der Waals surface area contributed by atoms with Crippen molar-refractivity contribution in [1.29, 1.82) is 5.26 Å². The SMILES string of the molecule is N#Cc1cccc(Nc2nccc(N3CCCCC3)n2)c1. The molecule has 1 aliphatic rings. The van der Waals surface area contributed by atoms with E-state index < -0.39 is 0 Å². The van der Waals surface area contributed by atoms with Gasteiger partial charge in [-0.3, -0.25) is 0 Å². The van der Waals surface area contributed by atoms with E-state index in [0.717, 1.165) is 24.6 Å². The zero-order valence-electron chi connectivity index (χ0n) is 11.8. The maximum Gasteiger partial charge on any atom is 0.229 e. The third-order valence-corrected chi connectivity index (χ3v) is 3.57. The highest BCUT2D eigenvalue weighted by Gasteiger charge is 2.12. The van der Waals surface area contributed by atoms with Crippen molar-refractivity contribution in [3.63, 3.8) is 0 Å². The van der Waals surface area contributed by atoms with Crippen molar-refractivity contribution in [2.75, 3.05) is 23.3 Å². The van der Waals surface area contributed by atoms with Gasteiger partial charge in [-0.1, -0.05) is 6.07 Å². The lowest BCUT2D eigenvalue weighted by atomic mass is 10.1. The van der Waals surface area contributed by atoms with Crippen LogP contribution in [0.3, 0.4) is 0 Å². The minimum absolute atomic E-state index is 0.563. The van der Waals surface area contributed by atoms with Gasteiger partial charge in [0.1, 0.15) is 5.82 Å². The molecule has 0 radical (unpaired) electrons. The maximum atomic E-state index is 8.93. The Hall–Kier alpha value is -2.61. The molecule has 0 saturated carbocycles. The first kappa shape index (κ1) is 13.4. The van der Waals surface area contributed by atoms with Gasteiger partial charge in [0.2, 0.25) is 5.95 Å². The van der Waals surface area contributed by atoms with E-state index in [2.05, 4.69) is 26.3 Å². The molecule has 1 aromatic heterocycles. The normalized spacial score (nSPS) is 14.5. The highest BCUT2D eigenvalue weighted by atomic mass is 15.2. The minimum atomic E-state index is 0.563. The van der Waals surface area contributed by atoms with E-state index in [1.165, 1.54) is 19.3 Å². The van der Waals surface area contributed by atoms with Gasteiger partial charge in [0.05, 0.1) is 11.6 Å². The van der Waals surface area contributed by atoms with Gasteiger partial charge in [-0.25, -0.2) is 4.98 Å². The molecule has 0 aliphatic carbocycles. The lowest BCUT2D eigenvalue weighted by Gasteiger charge is -2.27. The summed E-state index contributed by atoms with van der Waals surface area (Å²) in [5.74, 6) is 1.52. The van der Waals surface area contributed by atoms with Gasteiger partial charge >= 0.3 is 0 Å². The first-order valence-electron chi connectivity index (χ1n) is 7.20. The molecule has 0 atom stereocenters. The summed E-state index contributed by atoms with van der Waals surface area (Å²) in [5, 5.41) is 12.1. The molecule has 2 aromatic rings. The fraction of sp³-hybridized carbons (Fsp3) is 0.312. The number of aromatic nitrogens is 2. The summed E-state index contributed by atoms with van der Waals surface area (Å²) >= 11 is 0. The van der Waals surface area contributed by atoms with Crippen molar-refractivity contribution in [2.24, 2.45) is 0 Å². The summed E-state index contributed by atoms with van der Waals surface area (Å²) < 4.78 is 0. The van der Waals surface area contributed by atoms with Crippen LogP contribution in [0.5, 0.6) is 0 Å². The van der Waals surface area contributed by atoms with Crippen LogP contribution in [0.1, 0.15) is 24.8 Å². The van der Waals surface area contributed by atoms with E-state index in [4.69, 9.17) is 5.26 Å². The van der Waals surface area contributed by atoms with Crippen LogP contribution in [0.15, 0.2) is 36.5 Å². The predicted molar refractivity (Wildman–Crippen MR) is 82.5 cm³/mol.